The maximum atomic E-state index is 13.0. The van der Waals surface area contributed by atoms with Gasteiger partial charge in [0.25, 0.3) is 0 Å². The molecule has 0 aliphatic carbocycles. The molecule has 1 aliphatic rings. The lowest BCUT2D eigenvalue weighted by molar-refractivity contribution is -0.281. The van der Waals surface area contributed by atoms with Crippen LogP contribution in [0.3, 0.4) is 0 Å². The van der Waals surface area contributed by atoms with Gasteiger partial charge in [-0.1, -0.05) is 13.0 Å². The van der Waals surface area contributed by atoms with Gasteiger partial charge in [-0.15, -0.1) is 0 Å². The number of alkyl halides is 3. The summed E-state index contributed by atoms with van der Waals surface area (Å²) in [6.07, 6.45) is -6.28. The first kappa shape index (κ1) is 12.6. The minimum absolute atomic E-state index is 0.111. The average Bonchev–Trinajstić information content (AvgIpc) is 2.32. The fourth-order valence-corrected chi connectivity index (χ4v) is 1.69. The van der Waals surface area contributed by atoms with Crippen LogP contribution in [0.25, 0.3) is 0 Å². The fraction of sp³-hybridized carbons (Fsp3) is 0.417. The lowest BCUT2D eigenvalue weighted by atomic mass is 9.97. The Hall–Kier alpha value is -1.90. The molecule has 6 heteroatoms. The topological polar surface area (TPSA) is 42.2 Å². The lowest BCUT2D eigenvalue weighted by Gasteiger charge is -2.28. The second-order valence-corrected chi connectivity index (χ2v) is 3.89. The number of rotatable bonds is 2. The molecule has 2 unspecified atom stereocenters. The molecular formula is C12H10F3NO2. The molecule has 18 heavy (non-hydrogen) atoms. The fourth-order valence-electron chi connectivity index (χ4n) is 1.69. The molecular weight excluding hydrogens is 247 g/mol. The highest BCUT2D eigenvalue weighted by atomic mass is 19.3. The van der Waals surface area contributed by atoms with Crippen molar-refractivity contribution >= 4 is 0 Å². The van der Waals surface area contributed by atoms with Crippen LogP contribution in [-0.2, 0) is 0 Å². The Balaban J connectivity index is 2.35. The molecule has 0 amide bonds. The number of ether oxygens (including phenoxy) is 2. The first-order valence-corrected chi connectivity index (χ1v) is 5.39. The third-order valence-corrected chi connectivity index (χ3v) is 2.67. The molecule has 2 atom stereocenters. The third kappa shape index (κ3) is 2.08. The molecule has 1 heterocycles. The van der Waals surface area contributed by atoms with Crippen LogP contribution in [0, 0.1) is 11.3 Å². The first-order valence-electron chi connectivity index (χ1n) is 5.39. The Bertz CT molecular complexity index is 499. The molecule has 2 rings (SSSR count). The van der Waals surface area contributed by atoms with Crippen LogP contribution in [0.4, 0.5) is 13.2 Å². The van der Waals surface area contributed by atoms with Crippen LogP contribution in [0.1, 0.15) is 24.8 Å². The summed E-state index contributed by atoms with van der Waals surface area (Å²) in [4.78, 5) is 0. The van der Waals surface area contributed by atoms with E-state index in [2.05, 4.69) is 15.5 Å². The Morgan fingerprint density at radius 2 is 2.17 bits per heavy atom. The van der Waals surface area contributed by atoms with Crippen molar-refractivity contribution in [2.24, 2.45) is 0 Å². The quantitative estimate of drug-likeness (QED) is 0.815. The summed E-state index contributed by atoms with van der Waals surface area (Å²) >= 11 is 0. The predicted octanol–water partition coefficient (Wildman–Crippen LogP) is 3.36. The Kier molecular flexibility index (Phi) is 3.07. The zero-order valence-electron chi connectivity index (χ0n) is 9.49. The summed E-state index contributed by atoms with van der Waals surface area (Å²) in [6, 6.07) is 6.17. The monoisotopic (exact) mass is 257 g/mol. The second-order valence-electron chi connectivity index (χ2n) is 3.89. The summed E-state index contributed by atoms with van der Waals surface area (Å²) in [5, 5.41) is 8.90. The van der Waals surface area contributed by atoms with Crippen molar-refractivity contribution in [3.05, 3.63) is 23.8 Å². The first-order chi connectivity index (χ1) is 8.47. The molecule has 0 fully saturated rings. The summed E-state index contributed by atoms with van der Waals surface area (Å²) in [6.45, 7) is 1.82. The normalized spacial score (nSPS) is 22.1. The van der Waals surface area contributed by atoms with E-state index < -0.39 is 12.5 Å². The van der Waals surface area contributed by atoms with E-state index >= 15 is 0 Å². The Morgan fingerprint density at radius 1 is 1.44 bits per heavy atom. The van der Waals surface area contributed by atoms with Crippen molar-refractivity contribution in [2.45, 2.75) is 31.7 Å². The maximum absolute atomic E-state index is 13.0. The van der Waals surface area contributed by atoms with E-state index in [9.17, 15) is 13.2 Å². The molecule has 0 saturated carbocycles. The molecule has 0 saturated heterocycles. The van der Waals surface area contributed by atoms with Gasteiger partial charge in [0.1, 0.15) is 0 Å². The number of nitrogens with zero attached hydrogens (tertiary/aromatic N) is 1. The van der Waals surface area contributed by atoms with Gasteiger partial charge in [0.15, 0.2) is 11.5 Å². The molecule has 0 N–H and O–H groups in total. The zero-order chi connectivity index (χ0) is 13.3. The standard InChI is InChI=1S/C12H10F3NO2/c1-2-7(6-16)8-3-4-9-10(5-8)17-11(13)12(14,15)18-9/h3-5,7,11H,2H2,1H3. The van der Waals surface area contributed by atoms with E-state index in [0.29, 0.717) is 12.0 Å². The highest BCUT2D eigenvalue weighted by Gasteiger charge is 2.49. The van der Waals surface area contributed by atoms with E-state index in [-0.39, 0.29) is 17.4 Å². The van der Waals surface area contributed by atoms with Crippen LogP contribution in [0.2, 0.25) is 0 Å². The van der Waals surface area contributed by atoms with Gasteiger partial charge in [0, 0.05) is 0 Å². The summed E-state index contributed by atoms with van der Waals surface area (Å²) in [7, 11) is 0. The van der Waals surface area contributed by atoms with Crippen LogP contribution in [0.15, 0.2) is 18.2 Å². The van der Waals surface area contributed by atoms with Crippen molar-refractivity contribution in [2.75, 3.05) is 0 Å². The highest BCUT2D eigenvalue weighted by Crippen LogP contribution is 2.41. The van der Waals surface area contributed by atoms with Gasteiger partial charge in [-0.25, -0.2) is 0 Å². The SMILES string of the molecule is CCC(C#N)c1ccc2c(c1)OC(F)C(F)(F)O2. The number of hydrogen-bond donors (Lipinski definition) is 0. The number of nitriles is 1. The van der Waals surface area contributed by atoms with Gasteiger partial charge in [-0.05, 0) is 24.1 Å². The van der Waals surface area contributed by atoms with Gasteiger partial charge in [-0.2, -0.15) is 18.4 Å². The van der Waals surface area contributed by atoms with E-state index in [1.807, 2.05) is 6.92 Å². The average molecular weight is 257 g/mol. The number of fused-ring (bicyclic) bond motifs is 1. The number of halogens is 3. The van der Waals surface area contributed by atoms with Crippen molar-refractivity contribution < 1.29 is 22.6 Å². The van der Waals surface area contributed by atoms with Crippen molar-refractivity contribution in [3.8, 4) is 17.6 Å². The predicted molar refractivity (Wildman–Crippen MR) is 56.2 cm³/mol. The van der Waals surface area contributed by atoms with E-state index in [0.717, 1.165) is 0 Å². The van der Waals surface area contributed by atoms with Gasteiger partial charge in [0.2, 0.25) is 0 Å². The minimum atomic E-state index is -3.99. The second kappa shape index (κ2) is 4.41. The smallest absolute Gasteiger partial charge is 0.447 e. The maximum Gasteiger partial charge on any atom is 0.468 e. The minimum Gasteiger partial charge on any atom is -0.447 e. The largest absolute Gasteiger partial charge is 0.468 e. The third-order valence-electron chi connectivity index (χ3n) is 2.67. The van der Waals surface area contributed by atoms with E-state index in [1.165, 1.54) is 18.2 Å². The Labute approximate surface area is 102 Å². The van der Waals surface area contributed by atoms with Crippen molar-refractivity contribution in [1.29, 1.82) is 5.26 Å². The van der Waals surface area contributed by atoms with Crippen LogP contribution >= 0.6 is 0 Å². The molecule has 1 aromatic carbocycles. The molecule has 0 spiro atoms. The van der Waals surface area contributed by atoms with Crippen LogP contribution in [-0.4, -0.2) is 12.5 Å². The summed E-state index contributed by atoms with van der Waals surface area (Å²) < 4.78 is 47.5. The van der Waals surface area contributed by atoms with Crippen molar-refractivity contribution in [3.63, 3.8) is 0 Å². The van der Waals surface area contributed by atoms with Crippen LogP contribution < -0.4 is 9.47 Å². The van der Waals surface area contributed by atoms with Gasteiger partial charge >= 0.3 is 12.5 Å². The molecule has 96 valence electrons. The van der Waals surface area contributed by atoms with Gasteiger partial charge < -0.3 is 9.47 Å². The zero-order valence-corrected chi connectivity index (χ0v) is 9.49. The summed E-state index contributed by atoms with van der Waals surface area (Å²) in [5.41, 5.74) is 0.583. The van der Waals surface area contributed by atoms with Gasteiger partial charge in [0.05, 0.1) is 12.0 Å². The Morgan fingerprint density at radius 3 is 2.78 bits per heavy atom. The highest BCUT2D eigenvalue weighted by molar-refractivity contribution is 5.46. The van der Waals surface area contributed by atoms with Crippen molar-refractivity contribution in [1.82, 2.24) is 0 Å². The van der Waals surface area contributed by atoms with Gasteiger partial charge in [-0.3, -0.25) is 0 Å². The number of hydrogen-bond acceptors (Lipinski definition) is 3. The molecule has 0 radical (unpaired) electrons. The molecule has 0 aromatic heterocycles. The number of benzene rings is 1. The molecule has 0 bridgehead atoms. The molecule has 1 aliphatic heterocycles. The van der Waals surface area contributed by atoms with Crippen LogP contribution in [0.5, 0.6) is 11.5 Å². The molecule has 1 aromatic rings. The molecule has 3 nitrogen and oxygen atoms in total. The van der Waals surface area contributed by atoms with E-state index in [1.54, 1.807) is 0 Å². The lowest BCUT2D eigenvalue weighted by Crippen LogP contribution is -2.43. The summed E-state index contributed by atoms with van der Waals surface area (Å²) in [5.74, 6) is -0.732. The van der Waals surface area contributed by atoms with E-state index in [4.69, 9.17) is 5.26 Å².